The van der Waals surface area contributed by atoms with Gasteiger partial charge in [-0.2, -0.15) is 18.2 Å². The number of likely N-dealkylation sites (tertiary alicyclic amines) is 1. The molecule has 0 radical (unpaired) electrons. The Morgan fingerprint density at radius 1 is 1.35 bits per heavy atom. The Morgan fingerprint density at radius 2 is 2.13 bits per heavy atom. The van der Waals surface area contributed by atoms with E-state index in [2.05, 4.69) is 15.5 Å². The van der Waals surface area contributed by atoms with E-state index in [4.69, 9.17) is 4.52 Å². The van der Waals surface area contributed by atoms with Crippen molar-refractivity contribution in [3.63, 3.8) is 0 Å². The van der Waals surface area contributed by atoms with Gasteiger partial charge in [0.2, 0.25) is 11.8 Å². The number of amides is 1. The molecule has 1 N–H and O–H groups in total. The summed E-state index contributed by atoms with van der Waals surface area (Å²) in [6.45, 7) is -0.503. The smallest absolute Gasteiger partial charge is 0.339 e. The van der Waals surface area contributed by atoms with Crippen LogP contribution >= 0.6 is 0 Å². The summed E-state index contributed by atoms with van der Waals surface area (Å²) in [5.74, 6) is 1.32. The Labute approximate surface area is 131 Å². The van der Waals surface area contributed by atoms with Gasteiger partial charge in [-0.25, -0.2) is 0 Å². The van der Waals surface area contributed by atoms with Crippen molar-refractivity contribution in [3.05, 3.63) is 11.7 Å². The highest BCUT2D eigenvalue weighted by Crippen LogP contribution is 2.40. The van der Waals surface area contributed by atoms with Crippen molar-refractivity contribution in [2.24, 2.45) is 0 Å². The molecule has 0 aromatic carbocycles. The fourth-order valence-electron chi connectivity index (χ4n) is 2.78. The van der Waals surface area contributed by atoms with Crippen molar-refractivity contribution < 1.29 is 22.5 Å². The van der Waals surface area contributed by atoms with Crippen molar-refractivity contribution in [1.29, 1.82) is 0 Å². The molecule has 1 saturated heterocycles. The zero-order chi connectivity index (χ0) is 16.4. The third-order valence-electron chi connectivity index (χ3n) is 4.10. The van der Waals surface area contributed by atoms with Crippen LogP contribution in [-0.4, -0.2) is 46.8 Å². The second-order valence-corrected chi connectivity index (χ2v) is 6.05. The Bertz CT molecular complexity index is 556. The molecule has 6 nitrogen and oxygen atoms in total. The van der Waals surface area contributed by atoms with Gasteiger partial charge >= 0.3 is 6.18 Å². The highest BCUT2D eigenvalue weighted by molar-refractivity contribution is 5.77. The van der Waals surface area contributed by atoms with Crippen LogP contribution in [-0.2, 0) is 4.79 Å². The summed E-state index contributed by atoms with van der Waals surface area (Å²) in [4.78, 5) is 18.3. The summed E-state index contributed by atoms with van der Waals surface area (Å²) in [6, 6.07) is -0.221. The van der Waals surface area contributed by atoms with E-state index in [1.807, 2.05) is 0 Å². The minimum atomic E-state index is -4.26. The summed E-state index contributed by atoms with van der Waals surface area (Å²) < 4.78 is 41.4. The number of alkyl halides is 3. The number of nitrogens with one attached hydrogen (secondary N) is 1. The molecular weight excluding hydrogens is 313 g/mol. The Balaban J connectivity index is 1.52. The molecule has 1 aromatic heterocycles. The molecule has 1 aromatic rings. The Kier molecular flexibility index (Phi) is 4.56. The zero-order valence-electron chi connectivity index (χ0n) is 12.6. The average molecular weight is 332 g/mol. The van der Waals surface area contributed by atoms with Crippen molar-refractivity contribution >= 4 is 5.91 Å². The molecule has 2 aliphatic rings. The molecule has 2 heterocycles. The van der Waals surface area contributed by atoms with Crippen molar-refractivity contribution in [1.82, 2.24) is 20.4 Å². The number of rotatable bonds is 6. The molecule has 3 rings (SSSR count). The first-order chi connectivity index (χ1) is 10.9. The van der Waals surface area contributed by atoms with Gasteiger partial charge < -0.3 is 14.7 Å². The largest absolute Gasteiger partial charge is 0.401 e. The van der Waals surface area contributed by atoms with Gasteiger partial charge in [0, 0.05) is 25.4 Å². The van der Waals surface area contributed by atoms with Crippen LogP contribution < -0.4 is 5.32 Å². The van der Waals surface area contributed by atoms with Gasteiger partial charge in [0.05, 0.1) is 12.6 Å². The normalized spacial score (nSPS) is 21.9. The molecule has 1 amide bonds. The highest BCUT2D eigenvalue weighted by Gasteiger charge is 2.36. The molecule has 1 aliphatic carbocycles. The molecule has 0 spiro atoms. The maximum absolute atomic E-state index is 12.2. The summed E-state index contributed by atoms with van der Waals surface area (Å²) in [6.07, 6.45) is -0.534. The van der Waals surface area contributed by atoms with E-state index >= 15 is 0 Å². The molecule has 23 heavy (non-hydrogen) atoms. The molecule has 1 saturated carbocycles. The van der Waals surface area contributed by atoms with Gasteiger partial charge in [-0.1, -0.05) is 5.16 Å². The zero-order valence-corrected chi connectivity index (χ0v) is 12.6. The minimum absolute atomic E-state index is 0.00112. The second-order valence-electron chi connectivity index (χ2n) is 6.05. The quantitative estimate of drug-likeness (QED) is 0.808. The Morgan fingerprint density at radius 3 is 2.83 bits per heavy atom. The molecule has 1 aliphatic heterocycles. The third-order valence-corrected chi connectivity index (χ3v) is 4.10. The van der Waals surface area contributed by atoms with Gasteiger partial charge in [-0.15, -0.1) is 0 Å². The molecule has 9 heteroatoms. The summed E-state index contributed by atoms with van der Waals surface area (Å²) in [7, 11) is 0. The van der Waals surface area contributed by atoms with E-state index in [1.54, 1.807) is 4.90 Å². The third kappa shape index (κ3) is 4.21. The lowest BCUT2D eigenvalue weighted by Crippen LogP contribution is -2.35. The first-order valence-corrected chi connectivity index (χ1v) is 7.84. The number of hydrogen-bond donors (Lipinski definition) is 1. The van der Waals surface area contributed by atoms with Crippen LogP contribution in [0.3, 0.4) is 0 Å². The van der Waals surface area contributed by atoms with E-state index in [1.165, 1.54) is 0 Å². The number of aromatic nitrogens is 2. The van der Waals surface area contributed by atoms with Gasteiger partial charge in [-0.3, -0.25) is 4.79 Å². The monoisotopic (exact) mass is 332 g/mol. The predicted molar refractivity (Wildman–Crippen MR) is 73.5 cm³/mol. The van der Waals surface area contributed by atoms with Crippen molar-refractivity contribution in [2.75, 3.05) is 19.6 Å². The van der Waals surface area contributed by atoms with E-state index in [0.29, 0.717) is 24.2 Å². The number of halogens is 3. The van der Waals surface area contributed by atoms with Crippen LogP contribution in [0.25, 0.3) is 0 Å². The average Bonchev–Trinajstić information content (AvgIpc) is 3.02. The molecule has 2 fully saturated rings. The number of nitrogens with zero attached hydrogens (tertiary/aromatic N) is 3. The maximum atomic E-state index is 12.2. The molecule has 0 unspecified atom stereocenters. The van der Waals surface area contributed by atoms with Gasteiger partial charge in [0.15, 0.2) is 5.82 Å². The van der Waals surface area contributed by atoms with Crippen LogP contribution in [0.2, 0.25) is 0 Å². The number of carbonyl (C=O) groups excluding carboxylic acids is 1. The SMILES string of the molecule is O=C(CCNCC(F)(F)F)N1CCC[C@H]1c1noc(C2CC2)n1. The molecule has 0 bridgehead atoms. The first kappa shape index (κ1) is 16.2. The highest BCUT2D eigenvalue weighted by atomic mass is 19.4. The number of carbonyl (C=O) groups is 1. The summed E-state index contributed by atoms with van der Waals surface area (Å²) in [5.41, 5.74) is 0. The minimum Gasteiger partial charge on any atom is -0.339 e. The van der Waals surface area contributed by atoms with Gasteiger partial charge in [0.1, 0.15) is 0 Å². The van der Waals surface area contributed by atoms with Crippen molar-refractivity contribution in [2.45, 2.75) is 50.2 Å². The van der Waals surface area contributed by atoms with Crippen LogP contribution in [0.1, 0.15) is 55.8 Å². The van der Waals surface area contributed by atoms with Crippen LogP contribution in [0, 0.1) is 0 Å². The van der Waals surface area contributed by atoms with E-state index in [9.17, 15) is 18.0 Å². The van der Waals surface area contributed by atoms with E-state index in [0.717, 1.165) is 25.7 Å². The van der Waals surface area contributed by atoms with Crippen LogP contribution in [0.5, 0.6) is 0 Å². The molecule has 1 atom stereocenters. The fourth-order valence-corrected chi connectivity index (χ4v) is 2.78. The first-order valence-electron chi connectivity index (χ1n) is 7.84. The molecular formula is C14H19F3N4O2. The number of hydrogen-bond acceptors (Lipinski definition) is 5. The Hall–Kier alpha value is -1.64. The predicted octanol–water partition coefficient (Wildman–Crippen LogP) is 2.15. The van der Waals surface area contributed by atoms with Crippen LogP contribution in [0.15, 0.2) is 4.52 Å². The lowest BCUT2D eigenvalue weighted by Gasteiger charge is -2.22. The van der Waals surface area contributed by atoms with Gasteiger partial charge in [-0.05, 0) is 25.7 Å². The summed E-state index contributed by atoms with van der Waals surface area (Å²) >= 11 is 0. The molecule has 128 valence electrons. The van der Waals surface area contributed by atoms with Gasteiger partial charge in [0.25, 0.3) is 0 Å². The van der Waals surface area contributed by atoms with Crippen molar-refractivity contribution in [3.8, 4) is 0 Å². The second kappa shape index (κ2) is 6.46. The van der Waals surface area contributed by atoms with E-state index in [-0.39, 0.29) is 24.9 Å². The lowest BCUT2D eigenvalue weighted by molar-refractivity contribution is -0.134. The lowest BCUT2D eigenvalue weighted by atomic mass is 10.2. The van der Waals surface area contributed by atoms with E-state index < -0.39 is 12.7 Å². The maximum Gasteiger partial charge on any atom is 0.401 e. The standard InChI is InChI=1S/C14H19F3N4O2/c15-14(16,17)8-18-6-5-11(22)21-7-1-2-10(21)12-19-13(23-20-12)9-3-4-9/h9-10,18H,1-8H2/t10-/m0/s1. The topological polar surface area (TPSA) is 71.3 Å². The fraction of sp³-hybridized carbons (Fsp3) is 0.786. The summed E-state index contributed by atoms with van der Waals surface area (Å²) in [5, 5.41) is 6.22. The van der Waals surface area contributed by atoms with Crippen LogP contribution in [0.4, 0.5) is 13.2 Å².